The quantitative estimate of drug-likeness (QED) is 0.830. The molecule has 0 radical (unpaired) electrons. The molecular formula is C16H17Cl2N3O. The second-order valence-electron chi connectivity index (χ2n) is 5.40. The summed E-state index contributed by atoms with van der Waals surface area (Å²) in [6, 6.07) is 5.29. The highest BCUT2D eigenvalue weighted by Crippen LogP contribution is 2.31. The van der Waals surface area contributed by atoms with E-state index in [1.54, 1.807) is 23.1 Å². The van der Waals surface area contributed by atoms with Gasteiger partial charge in [-0.3, -0.25) is 14.7 Å². The van der Waals surface area contributed by atoms with Crippen molar-refractivity contribution in [1.82, 2.24) is 4.90 Å². The van der Waals surface area contributed by atoms with Crippen LogP contribution in [0.25, 0.3) is 0 Å². The molecule has 0 bridgehead atoms. The number of nitrogens with one attached hydrogen (secondary N) is 1. The predicted molar refractivity (Wildman–Crippen MR) is 90.6 cm³/mol. The van der Waals surface area contributed by atoms with Crippen molar-refractivity contribution in [2.24, 2.45) is 10.9 Å². The summed E-state index contributed by atoms with van der Waals surface area (Å²) in [5.74, 6) is 0.697. The smallest absolute Gasteiger partial charge is 0.232 e. The monoisotopic (exact) mass is 337 g/mol. The van der Waals surface area contributed by atoms with E-state index in [0.717, 1.165) is 19.3 Å². The Morgan fingerprint density at radius 2 is 2.05 bits per heavy atom. The summed E-state index contributed by atoms with van der Waals surface area (Å²) in [5.41, 5.74) is 0.591. The van der Waals surface area contributed by atoms with Crippen LogP contribution in [-0.2, 0) is 4.79 Å². The SMILES string of the molecule is O=C(C1CC=CCC1)N1CCN=C1Nc1c(Cl)cccc1Cl. The van der Waals surface area contributed by atoms with Crippen LogP contribution in [0.1, 0.15) is 19.3 Å². The fourth-order valence-corrected chi connectivity index (χ4v) is 3.23. The van der Waals surface area contributed by atoms with Gasteiger partial charge in [-0.25, -0.2) is 0 Å². The summed E-state index contributed by atoms with van der Waals surface area (Å²) in [6.45, 7) is 1.20. The minimum atomic E-state index is 0.0387. The lowest BCUT2D eigenvalue weighted by atomic mass is 9.93. The van der Waals surface area contributed by atoms with Gasteiger partial charge < -0.3 is 5.32 Å². The van der Waals surface area contributed by atoms with Crippen molar-refractivity contribution in [3.8, 4) is 0 Å². The highest BCUT2D eigenvalue weighted by molar-refractivity contribution is 6.39. The van der Waals surface area contributed by atoms with Gasteiger partial charge >= 0.3 is 0 Å². The fourth-order valence-electron chi connectivity index (χ4n) is 2.74. The number of rotatable bonds is 2. The summed E-state index contributed by atoms with van der Waals surface area (Å²) in [7, 11) is 0. The third kappa shape index (κ3) is 3.13. The molecule has 3 rings (SSSR count). The lowest BCUT2D eigenvalue weighted by molar-refractivity contribution is -0.131. The molecule has 1 atom stereocenters. The number of carbonyl (C=O) groups excluding carboxylic acids is 1. The lowest BCUT2D eigenvalue weighted by Gasteiger charge is -2.25. The van der Waals surface area contributed by atoms with Gasteiger partial charge in [-0.1, -0.05) is 41.4 Å². The van der Waals surface area contributed by atoms with Gasteiger partial charge in [0.1, 0.15) is 0 Å². The number of anilines is 1. The normalized spacial score (nSPS) is 20.9. The zero-order chi connectivity index (χ0) is 15.5. The number of hydrogen-bond acceptors (Lipinski definition) is 3. The van der Waals surface area contributed by atoms with Gasteiger partial charge in [-0.05, 0) is 31.4 Å². The maximum atomic E-state index is 12.7. The Bertz CT molecular complexity index is 622. The van der Waals surface area contributed by atoms with Crippen molar-refractivity contribution < 1.29 is 4.79 Å². The minimum absolute atomic E-state index is 0.0387. The van der Waals surface area contributed by atoms with Gasteiger partial charge in [0.15, 0.2) is 0 Å². The summed E-state index contributed by atoms with van der Waals surface area (Å²) in [4.78, 5) is 18.8. The number of nitrogens with zero attached hydrogens (tertiary/aromatic N) is 2. The molecule has 4 nitrogen and oxygen atoms in total. The number of aliphatic imine (C=N–C) groups is 1. The molecule has 0 fully saturated rings. The Morgan fingerprint density at radius 1 is 1.27 bits per heavy atom. The summed E-state index contributed by atoms with van der Waals surface area (Å²) >= 11 is 12.3. The molecule has 1 N–H and O–H groups in total. The van der Waals surface area contributed by atoms with Gasteiger partial charge in [-0.2, -0.15) is 0 Å². The van der Waals surface area contributed by atoms with Gasteiger partial charge in [0.25, 0.3) is 0 Å². The van der Waals surface area contributed by atoms with Gasteiger partial charge in [0.05, 0.1) is 22.3 Å². The molecule has 1 unspecified atom stereocenters. The van der Waals surface area contributed by atoms with Crippen LogP contribution in [0.3, 0.4) is 0 Å². The van der Waals surface area contributed by atoms with Crippen LogP contribution >= 0.6 is 23.2 Å². The second-order valence-corrected chi connectivity index (χ2v) is 6.21. The zero-order valence-corrected chi connectivity index (χ0v) is 13.6. The Labute approximate surface area is 139 Å². The highest BCUT2D eigenvalue weighted by atomic mass is 35.5. The van der Waals surface area contributed by atoms with Crippen LogP contribution in [0, 0.1) is 5.92 Å². The molecular weight excluding hydrogens is 321 g/mol. The molecule has 6 heteroatoms. The molecule has 0 saturated heterocycles. The molecule has 1 aliphatic carbocycles. The fraction of sp³-hybridized carbons (Fsp3) is 0.375. The summed E-state index contributed by atoms with van der Waals surface area (Å²) in [5, 5.41) is 4.14. The van der Waals surface area contributed by atoms with Gasteiger partial charge in [0, 0.05) is 12.5 Å². The molecule has 0 aromatic heterocycles. The molecule has 1 amide bonds. The van der Waals surface area contributed by atoms with Crippen molar-refractivity contribution in [2.75, 3.05) is 18.4 Å². The number of benzene rings is 1. The van der Waals surface area contributed by atoms with Crippen molar-refractivity contribution in [1.29, 1.82) is 0 Å². The minimum Gasteiger partial charge on any atom is -0.323 e. The van der Waals surface area contributed by atoms with E-state index < -0.39 is 0 Å². The number of guanidine groups is 1. The van der Waals surface area contributed by atoms with E-state index in [9.17, 15) is 4.79 Å². The number of hydrogen-bond donors (Lipinski definition) is 1. The molecule has 22 heavy (non-hydrogen) atoms. The van der Waals surface area contributed by atoms with Crippen molar-refractivity contribution >= 4 is 40.8 Å². The largest absolute Gasteiger partial charge is 0.323 e. The molecule has 0 spiro atoms. The molecule has 2 aliphatic rings. The van der Waals surface area contributed by atoms with E-state index in [2.05, 4.69) is 22.5 Å². The number of amides is 1. The Balaban J connectivity index is 1.76. The third-order valence-electron chi connectivity index (χ3n) is 3.92. The second kappa shape index (κ2) is 6.71. The highest BCUT2D eigenvalue weighted by Gasteiger charge is 2.30. The van der Waals surface area contributed by atoms with Crippen molar-refractivity contribution in [2.45, 2.75) is 19.3 Å². The number of para-hydroxylation sites is 1. The number of halogens is 2. The lowest BCUT2D eigenvalue weighted by Crippen LogP contribution is -2.42. The summed E-state index contributed by atoms with van der Waals surface area (Å²) in [6.07, 6.45) is 6.86. The predicted octanol–water partition coefficient (Wildman–Crippen LogP) is 3.96. The van der Waals surface area contributed by atoms with E-state index in [1.807, 2.05) is 0 Å². The van der Waals surface area contributed by atoms with E-state index >= 15 is 0 Å². The first-order valence-corrected chi connectivity index (χ1v) is 8.14. The number of carbonyl (C=O) groups is 1. The third-order valence-corrected chi connectivity index (χ3v) is 4.55. The number of allylic oxidation sites excluding steroid dienone is 2. The van der Waals surface area contributed by atoms with Crippen LogP contribution in [0.2, 0.25) is 10.0 Å². The Kier molecular flexibility index (Phi) is 4.69. The molecule has 1 aromatic rings. The van der Waals surface area contributed by atoms with E-state index in [0.29, 0.717) is 34.8 Å². The standard InChI is InChI=1S/C16H17Cl2N3O/c17-12-7-4-8-13(18)14(12)20-16-19-9-10-21(16)15(22)11-5-2-1-3-6-11/h1-2,4,7-8,11H,3,5-6,9-10H2,(H,19,20). The maximum Gasteiger partial charge on any atom is 0.232 e. The van der Waals surface area contributed by atoms with Gasteiger partial charge in [0.2, 0.25) is 11.9 Å². The van der Waals surface area contributed by atoms with E-state index in [1.165, 1.54) is 0 Å². The van der Waals surface area contributed by atoms with Crippen LogP contribution in [0.4, 0.5) is 5.69 Å². The Morgan fingerprint density at radius 3 is 2.73 bits per heavy atom. The van der Waals surface area contributed by atoms with Crippen molar-refractivity contribution in [3.05, 3.63) is 40.4 Å². The first kappa shape index (κ1) is 15.4. The molecule has 1 aliphatic heterocycles. The average molecular weight is 338 g/mol. The van der Waals surface area contributed by atoms with Crippen LogP contribution < -0.4 is 5.32 Å². The van der Waals surface area contributed by atoms with Crippen LogP contribution in [0.15, 0.2) is 35.3 Å². The van der Waals surface area contributed by atoms with Gasteiger partial charge in [-0.15, -0.1) is 0 Å². The first-order valence-electron chi connectivity index (χ1n) is 7.38. The zero-order valence-electron chi connectivity index (χ0n) is 12.1. The van der Waals surface area contributed by atoms with Crippen molar-refractivity contribution in [3.63, 3.8) is 0 Å². The van der Waals surface area contributed by atoms with Crippen LogP contribution in [0.5, 0.6) is 0 Å². The maximum absolute atomic E-state index is 12.7. The van der Waals surface area contributed by atoms with E-state index in [4.69, 9.17) is 23.2 Å². The van der Waals surface area contributed by atoms with Crippen LogP contribution in [-0.4, -0.2) is 29.9 Å². The molecule has 116 valence electrons. The van der Waals surface area contributed by atoms with E-state index in [-0.39, 0.29) is 11.8 Å². The topological polar surface area (TPSA) is 44.7 Å². The first-order chi connectivity index (χ1) is 10.7. The molecule has 1 aromatic carbocycles. The Hall–Kier alpha value is -1.52. The molecule has 1 heterocycles. The summed E-state index contributed by atoms with van der Waals surface area (Å²) < 4.78 is 0. The molecule has 0 saturated carbocycles. The average Bonchev–Trinajstić information content (AvgIpc) is 2.99.